The average Bonchev–Trinajstić information content (AvgIpc) is 2.94. The Labute approximate surface area is 147 Å². The van der Waals surface area contributed by atoms with Crippen LogP contribution in [0.5, 0.6) is 0 Å². The Bertz CT molecular complexity index is 689. The zero-order valence-corrected chi connectivity index (χ0v) is 14.9. The standard InChI is InChI=1S/C20H23NO2S/c1-3-24-19-16-12-8-7-11-15(16)13-17(19)21-20(22)18(23-2)14-9-5-4-6-10-14/h4-12,17-19H,3,13H2,1-2H3,(H,21,22)/t17-,18-,19-/m0/s1. The zero-order valence-electron chi connectivity index (χ0n) is 14.1. The minimum absolute atomic E-state index is 0.0665. The third-order valence-electron chi connectivity index (χ3n) is 4.42. The maximum absolute atomic E-state index is 12.8. The highest BCUT2D eigenvalue weighted by molar-refractivity contribution is 7.99. The van der Waals surface area contributed by atoms with Gasteiger partial charge in [-0.05, 0) is 28.9 Å². The predicted molar refractivity (Wildman–Crippen MR) is 99.1 cm³/mol. The Morgan fingerprint density at radius 3 is 2.62 bits per heavy atom. The van der Waals surface area contributed by atoms with E-state index in [9.17, 15) is 4.79 Å². The number of benzene rings is 2. The Hall–Kier alpha value is -1.78. The van der Waals surface area contributed by atoms with E-state index in [1.165, 1.54) is 11.1 Å². The Kier molecular flexibility index (Phi) is 5.59. The van der Waals surface area contributed by atoms with Crippen LogP contribution >= 0.6 is 11.8 Å². The first-order valence-corrected chi connectivity index (χ1v) is 9.37. The number of fused-ring (bicyclic) bond motifs is 1. The molecule has 0 radical (unpaired) electrons. The van der Waals surface area contributed by atoms with Crippen molar-refractivity contribution in [3.8, 4) is 0 Å². The largest absolute Gasteiger partial charge is 0.367 e. The Morgan fingerprint density at radius 1 is 1.21 bits per heavy atom. The minimum Gasteiger partial charge on any atom is -0.367 e. The van der Waals surface area contributed by atoms with E-state index in [1.807, 2.05) is 42.1 Å². The molecule has 2 aromatic rings. The SMILES string of the molecule is CCS[C@H]1c2ccccc2C[C@@H]1NC(=O)[C@@H](OC)c1ccccc1. The molecule has 0 saturated heterocycles. The van der Waals surface area contributed by atoms with E-state index in [-0.39, 0.29) is 11.9 Å². The van der Waals surface area contributed by atoms with Crippen LogP contribution in [0.2, 0.25) is 0 Å². The molecular formula is C20H23NO2S. The van der Waals surface area contributed by atoms with Crippen LogP contribution in [0, 0.1) is 0 Å². The molecule has 4 heteroatoms. The van der Waals surface area contributed by atoms with E-state index in [2.05, 4.69) is 36.5 Å². The summed E-state index contributed by atoms with van der Waals surface area (Å²) in [6.45, 7) is 2.16. The number of carbonyl (C=O) groups is 1. The molecule has 2 aromatic carbocycles. The first kappa shape index (κ1) is 17.1. The van der Waals surface area contributed by atoms with Gasteiger partial charge in [0.05, 0.1) is 5.25 Å². The van der Waals surface area contributed by atoms with Crippen LogP contribution in [0.3, 0.4) is 0 Å². The fourth-order valence-electron chi connectivity index (χ4n) is 3.35. The van der Waals surface area contributed by atoms with Gasteiger partial charge in [0, 0.05) is 13.2 Å². The second-order valence-electron chi connectivity index (χ2n) is 5.92. The highest BCUT2D eigenvalue weighted by atomic mass is 32.2. The van der Waals surface area contributed by atoms with Crippen LogP contribution < -0.4 is 5.32 Å². The first-order chi connectivity index (χ1) is 11.7. The molecule has 126 valence electrons. The molecule has 0 unspecified atom stereocenters. The monoisotopic (exact) mass is 341 g/mol. The van der Waals surface area contributed by atoms with Crippen LogP contribution in [0.15, 0.2) is 54.6 Å². The van der Waals surface area contributed by atoms with E-state index < -0.39 is 6.10 Å². The van der Waals surface area contributed by atoms with E-state index in [1.54, 1.807) is 7.11 Å². The van der Waals surface area contributed by atoms with Gasteiger partial charge in [0.1, 0.15) is 0 Å². The average molecular weight is 341 g/mol. The molecule has 0 spiro atoms. The number of hydrogen-bond donors (Lipinski definition) is 1. The van der Waals surface area contributed by atoms with Gasteiger partial charge in [0.25, 0.3) is 5.91 Å². The van der Waals surface area contributed by atoms with Gasteiger partial charge in [-0.15, -0.1) is 0 Å². The number of nitrogens with one attached hydrogen (secondary N) is 1. The molecule has 0 bridgehead atoms. The second-order valence-corrected chi connectivity index (χ2v) is 7.34. The van der Waals surface area contributed by atoms with Crippen molar-refractivity contribution in [3.05, 3.63) is 71.3 Å². The van der Waals surface area contributed by atoms with Gasteiger partial charge in [-0.3, -0.25) is 4.79 Å². The number of rotatable bonds is 6. The molecule has 0 aliphatic heterocycles. The molecule has 1 aliphatic carbocycles. The number of thioether (sulfide) groups is 1. The molecule has 0 aromatic heterocycles. The second kappa shape index (κ2) is 7.86. The zero-order chi connectivity index (χ0) is 16.9. The Morgan fingerprint density at radius 2 is 1.92 bits per heavy atom. The number of amides is 1. The number of methoxy groups -OCH3 is 1. The van der Waals surface area contributed by atoms with Crippen molar-refractivity contribution in [3.63, 3.8) is 0 Å². The normalized spacial score (nSPS) is 20.4. The van der Waals surface area contributed by atoms with Crippen LogP contribution in [-0.2, 0) is 16.0 Å². The summed E-state index contributed by atoms with van der Waals surface area (Å²) in [7, 11) is 1.58. The van der Waals surface area contributed by atoms with E-state index >= 15 is 0 Å². The van der Waals surface area contributed by atoms with Gasteiger partial charge >= 0.3 is 0 Å². The van der Waals surface area contributed by atoms with Crippen molar-refractivity contribution >= 4 is 17.7 Å². The summed E-state index contributed by atoms with van der Waals surface area (Å²) >= 11 is 1.89. The van der Waals surface area contributed by atoms with Crippen molar-refractivity contribution in [2.75, 3.05) is 12.9 Å². The minimum atomic E-state index is -0.567. The van der Waals surface area contributed by atoms with Gasteiger partial charge in [-0.25, -0.2) is 0 Å². The molecule has 1 amide bonds. The number of hydrogen-bond acceptors (Lipinski definition) is 3. The summed E-state index contributed by atoms with van der Waals surface area (Å²) in [5, 5.41) is 3.53. The molecule has 0 fully saturated rings. The van der Waals surface area contributed by atoms with Crippen molar-refractivity contribution in [2.24, 2.45) is 0 Å². The summed E-state index contributed by atoms with van der Waals surface area (Å²) in [4.78, 5) is 12.8. The maximum Gasteiger partial charge on any atom is 0.254 e. The molecule has 1 aliphatic rings. The molecule has 24 heavy (non-hydrogen) atoms. The highest BCUT2D eigenvalue weighted by Crippen LogP contribution is 2.41. The number of ether oxygens (including phenoxy) is 1. The third-order valence-corrected chi connectivity index (χ3v) is 5.69. The van der Waals surface area contributed by atoms with E-state index in [0.717, 1.165) is 17.7 Å². The van der Waals surface area contributed by atoms with Crippen molar-refractivity contribution in [2.45, 2.75) is 30.7 Å². The lowest BCUT2D eigenvalue weighted by Crippen LogP contribution is -2.40. The summed E-state index contributed by atoms with van der Waals surface area (Å²) in [6.07, 6.45) is 0.312. The summed E-state index contributed by atoms with van der Waals surface area (Å²) < 4.78 is 5.46. The van der Waals surface area contributed by atoms with Gasteiger partial charge in [-0.1, -0.05) is 61.5 Å². The summed E-state index contributed by atoms with van der Waals surface area (Å²) in [6, 6.07) is 18.2. The molecule has 0 heterocycles. The highest BCUT2D eigenvalue weighted by Gasteiger charge is 2.34. The first-order valence-electron chi connectivity index (χ1n) is 8.32. The third kappa shape index (κ3) is 3.50. The van der Waals surface area contributed by atoms with Gasteiger partial charge in [0.2, 0.25) is 0 Å². The fraction of sp³-hybridized carbons (Fsp3) is 0.350. The smallest absolute Gasteiger partial charge is 0.254 e. The Balaban J connectivity index is 1.76. The lowest BCUT2D eigenvalue weighted by molar-refractivity contribution is -0.132. The van der Waals surface area contributed by atoms with E-state index in [0.29, 0.717) is 5.25 Å². The van der Waals surface area contributed by atoms with Crippen LogP contribution in [0.25, 0.3) is 0 Å². The van der Waals surface area contributed by atoms with Gasteiger partial charge < -0.3 is 10.1 Å². The molecule has 3 nitrogen and oxygen atoms in total. The summed E-state index contributed by atoms with van der Waals surface area (Å²) in [5.41, 5.74) is 3.57. The predicted octanol–water partition coefficient (Wildman–Crippen LogP) is 3.91. The van der Waals surface area contributed by atoms with Gasteiger partial charge in [-0.2, -0.15) is 11.8 Å². The fourth-order valence-corrected chi connectivity index (χ4v) is 4.52. The molecule has 1 N–H and O–H groups in total. The van der Waals surface area contributed by atoms with Crippen molar-refractivity contribution in [1.29, 1.82) is 0 Å². The van der Waals surface area contributed by atoms with Crippen molar-refractivity contribution in [1.82, 2.24) is 5.32 Å². The quantitative estimate of drug-likeness (QED) is 0.866. The lowest BCUT2D eigenvalue weighted by atomic mass is 10.1. The molecule has 0 saturated carbocycles. The van der Waals surface area contributed by atoms with Crippen LogP contribution in [0.4, 0.5) is 0 Å². The van der Waals surface area contributed by atoms with E-state index in [4.69, 9.17) is 4.74 Å². The number of carbonyl (C=O) groups excluding carboxylic acids is 1. The summed E-state index contributed by atoms with van der Waals surface area (Å²) in [5.74, 6) is 0.959. The maximum atomic E-state index is 12.8. The molecule has 3 atom stereocenters. The van der Waals surface area contributed by atoms with Gasteiger partial charge in [0.15, 0.2) is 6.10 Å². The lowest BCUT2D eigenvalue weighted by Gasteiger charge is -2.24. The van der Waals surface area contributed by atoms with Crippen LogP contribution in [0.1, 0.15) is 35.0 Å². The van der Waals surface area contributed by atoms with Crippen LogP contribution in [-0.4, -0.2) is 24.8 Å². The molecular weight excluding hydrogens is 318 g/mol. The van der Waals surface area contributed by atoms with Crippen molar-refractivity contribution < 1.29 is 9.53 Å². The molecule has 3 rings (SSSR count). The topological polar surface area (TPSA) is 38.3 Å².